The van der Waals surface area contributed by atoms with Crippen LogP contribution in [0.25, 0.3) is 0 Å². The number of piperazine rings is 1. The fourth-order valence-corrected chi connectivity index (χ4v) is 2.44. The van der Waals surface area contributed by atoms with Gasteiger partial charge in [-0.1, -0.05) is 6.92 Å². The molecule has 5 heteroatoms. The van der Waals surface area contributed by atoms with E-state index in [1.165, 1.54) is 0 Å². The van der Waals surface area contributed by atoms with Crippen LogP contribution in [0.1, 0.15) is 24.5 Å². The van der Waals surface area contributed by atoms with Gasteiger partial charge in [-0.3, -0.25) is 4.79 Å². The predicted octanol–water partition coefficient (Wildman–Crippen LogP) is 1.28. The van der Waals surface area contributed by atoms with Gasteiger partial charge in [0, 0.05) is 25.2 Å². The Labute approximate surface area is 119 Å². The lowest BCUT2D eigenvalue weighted by Crippen LogP contribution is -2.54. The van der Waals surface area contributed by atoms with Gasteiger partial charge in [-0.15, -0.1) is 0 Å². The monoisotopic (exact) mass is 273 g/mol. The summed E-state index contributed by atoms with van der Waals surface area (Å²) in [7, 11) is 1.60. The number of nitrogens with zero attached hydrogens (tertiary/aromatic N) is 2. The standard InChI is InChI=1S/C15H19N3O2/c1-3-13-15(19)18(7-6-17-13)10-12-8-11(9-16)4-5-14(12)20-2/h4-5,8,13,17H,3,6-7,10H2,1-2H3. The number of ether oxygens (including phenoxy) is 1. The molecule has 0 aliphatic carbocycles. The first kappa shape index (κ1) is 14.4. The van der Waals surface area contributed by atoms with Crippen LogP contribution in [0.15, 0.2) is 18.2 Å². The highest BCUT2D eigenvalue weighted by atomic mass is 16.5. The van der Waals surface area contributed by atoms with Gasteiger partial charge >= 0.3 is 0 Å². The zero-order chi connectivity index (χ0) is 14.5. The molecule has 1 aromatic carbocycles. The molecule has 0 saturated carbocycles. The molecule has 0 aromatic heterocycles. The lowest BCUT2D eigenvalue weighted by Gasteiger charge is -2.33. The van der Waals surface area contributed by atoms with E-state index in [4.69, 9.17) is 10.00 Å². The van der Waals surface area contributed by atoms with Gasteiger partial charge in [0.25, 0.3) is 0 Å². The van der Waals surface area contributed by atoms with Crippen molar-refractivity contribution in [1.82, 2.24) is 10.2 Å². The first-order valence-corrected chi connectivity index (χ1v) is 6.78. The highest BCUT2D eigenvalue weighted by molar-refractivity contribution is 5.82. The summed E-state index contributed by atoms with van der Waals surface area (Å²) in [6.07, 6.45) is 0.782. The van der Waals surface area contributed by atoms with E-state index in [9.17, 15) is 4.79 Å². The SMILES string of the molecule is CCC1NCCN(Cc2cc(C#N)ccc2OC)C1=O. The summed E-state index contributed by atoms with van der Waals surface area (Å²) in [5.74, 6) is 0.826. The van der Waals surface area contributed by atoms with Crippen LogP contribution in [0, 0.1) is 11.3 Å². The third-order valence-electron chi connectivity index (χ3n) is 3.56. The molecule has 1 saturated heterocycles. The van der Waals surface area contributed by atoms with Gasteiger partial charge in [-0.05, 0) is 24.6 Å². The van der Waals surface area contributed by atoms with Crippen molar-refractivity contribution >= 4 is 5.91 Å². The molecule has 1 fully saturated rings. The summed E-state index contributed by atoms with van der Waals surface area (Å²) in [6.45, 7) is 3.95. The van der Waals surface area contributed by atoms with Crippen LogP contribution in [0.4, 0.5) is 0 Å². The van der Waals surface area contributed by atoms with Gasteiger partial charge in [0.1, 0.15) is 5.75 Å². The van der Waals surface area contributed by atoms with Crippen molar-refractivity contribution in [2.45, 2.75) is 25.9 Å². The lowest BCUT2D eigenvalue weighted by atomic mass is 10.1. The third kappa shape index (κ3) is 2.91. The molecule has 106 valence electrons. The van der Waals surface area contributed by atoms with Gasteiger partial charge in [-0.25, -0.2) is 0 Å². The van der Waals surface area contributed by atoms with Gasteiger partial charge in [0.2, 0.25) is 5.91 Å². The molecule has 2 rings (SSSR count). The number of carbonyl (C=O) groups is 1. The van der Waals surface area contributed by atoms with Crippen LogP contribution >= 0.6 is 0 Å². The smallest absolute Gasteiger partial charge is 0.240 e. The van der Waals surface area contributed by atoms with E-state index in [1.807, 2.05) is 11.8 Å². The Hall–Kier alpha value is -2.06. The van der Waals surface area contributed by atoms with E-state index in [-0.39, 0.29) is 11.9 Å². The van der Waals surface area contributed by atoms with Crippen LogP contribution in [0.3, 0.4) is 0 Å². The van der Waals surface area contributed by atoms with E-state index < -0.39 is 0 Å². The summed E-state index contributed by atoms with van der Waals surface area (Å²) in [5, 5.41) is 12.2. The summed E-state index contributed by atoms with van der Waals surface area (Å²) >= 11 is 0. The molecule has 1 aromatic rings. The fraction of sp³-hybridized carbons (Fsp3) is 0.467. The highest BCUT2D eigenvalue weighted by Gasteiger charge is 2.27. The maximum atomic E-state index is 12.3. The van der Waals surface area contributed by atoms with Gasteiger partial charge < -0.3 is 15.0 Å². The number of amides is 1. The normalized spacial score (nSPS) is 18.8. The van der Waals surface area contributed by atoms with Crippen molar-refractivity contribution < 1.29 is 9.53 Å². The van der Waals surface area contributed by atoms with Crippen molar-refractivity contribution in [3.63, 3.8) is 0 Å². The molecule has 0 bridgehead atoms. The summed E-state index contributed by atoms with van der Waals surface area (Å²) in [6, 6.07) is 7.29. The molecule has 1 aliphatic rings. The minimum Gasteiger partial charge on any atom is -0.496 e. The predicted molar refractivity (Wildman–Crippen MR) is 75.2 cm³/mol. The molecule has 1 heterocycles. The van der Waals surface area contributed by atoms with Crippen molar-refractivity contribution in [3.8, 4) is 11.8 Å². The summed E-state index contributed by atoms with van der Waals surface area (Å²) in [4.78, 5) is 14.1. The Morgan fingerprint density at radius 3 is 3.00 bits per heavy atom. The molecule has 1 atom stereocenters. The van der Waals surface area contributed by atoms with Crippen LogP contribution < -0.4 is 10.1 Å². The van der Waals surface area contributed by atoms with E-state index >= 15 is 0 Å². The zero-order valence-electron chi connectivity index (χ0n) is 11.8. The van der Waals surface area contributed by atoms with Crippen LogP contribution in [-0.4, -0.2) is 37.0 Å². The molecule has 1 amide bonds. The van der Waals surface area contributed by atoms with Crippen molar-refractivity contribution in [3.05, 3.63) is 29.3 Å². The number of nitriles is 1. The van der Waals surface area contributed by atoms with Crippen molar-refractivity contribution in [1.29, 1.82) is 5.26 Å². The number of methoxy groups -OCH3 is 1. The Balaban J connectivity index is 2.20. The van der Waals surface area contributed by atoms with E-state index in [0.29, 0.717) is 24.4 Å². The molecule has 1 N–H and O–H groups in total. The Bertz CT molecular complexity index is 536. The van der Waals surface area contributed by atoms with E-state index in [1.54, 1.807) is 25.3 Å². The number of hydrogen-bond donors (Lipinski definition) is 1. The molecular formula is C15H19N3O2. The van der Waals surface area contributed by atoms with E-state index in [0.717, 1.165) is 18.5 Å². The van der Waals surface area contributed by atoms with Crippen molar-refractivity contribution in [2.24, 2.45) is 0 Å². The number of nitrogens with one attached hydrogen (secondary N) is 1. The fourth-order valence-electron chi connectivity index (χ4n) is 2.44. The zero-order valence-corrected chi connectivity index (χ0v) is 11.8. The molecule has 1 aliphatic heterocycles. The average molecular weight is 273 g/mol. The van der Waals surface area contributed by atoms with Crippen molar-refractivity contribution in [2.75, 3.05) is 20.2 Å². The maximum Gasteiger partial charge on any atom is 0.240 e. The molecule has 5 nitrogen and oxygen atoms in total. The molecule has 1 unspecified atom stereocenters. The second kappa shape index (κ2) is 6.40. The van der Waals surface area contributed by atoms with Crippen LogP contribution in [0.2, 0.25) is 0 Å². The largest absolute Gasteiger partial charge is 0.496 e. The summed E-state index contributed by atoms with van der Waals surface area (Å²) in [5.41, 5.74) is 1.45. The van der Waals surface area contributed by atoms with Crippen LogP contribution in [0.5, 0.6) is 5.75 Å². The molecule has 0 radical (unpaired) electrons. The quantitative estimate of drug-likeness (QED) is 0.897. The van der Waals surface area contributed by atoms with Gasteiger partial charge in [0.05, 0.1) is 24.8 Å². The Morgan fingerprint density at radius 2 is 2.35 bits per heavy atom. The van der Waals surface area contributed by atoms with Crippen LogP contribution in [-0.2, 0) is 11.3 Å². The van der Waals surface area contributed by atoms with Gasteiger partial charge in [0.15, 0.2) is 0 Å². The number of rotatable bonds is 4. The molecule has 0 spiro atoms. The summed E-state index contributed by atoms with van der Waals surface area (Å²) < 4.78 is 5.31. The number of carbonyl (C=O) groups excluding carboxylic acids is 1. The van der Waals surface area contributed by atoms with E-state index in [2.05, 4.69) is 11.4 Å². The number of benzene rings is 1. The Kier molecular flexibility index (Phi) is 4.59. The first-order valence-electron chi connectivity index (χ1n) is 6.78. The molecule has 20 heavy (non-hydrogen) atoms. The third-order valence-corrected chi connectivity index (χ3v) is 3.56. The minimum absolute atomic E-state index is 0.103. The second-order valence-corrected chi connectivity index (χ2v) is 4.81. The average Bonchev–Trinajstić information content (AvgIpc) is 2.49. The lowest BCUT2D eigenvalue weighted by molar-refractivity contribution is -0.136. The topological polar surface area (TPSA) is 65.4 Å². The number of hydrogen-bond acceptors (Lipinski definition) is 4. The second-order valence-electron chi connectivity index (χ2n) is 4.81. The maximum absolute atomic E-state index is 12.3. The minimum atomic E-state index is -0.103. The first-order chi connectivity index (χ1) is 9.69. The molecular weight excluding hydrogens is 254 g/mol. The van der Waals surface area contributed by atoms with Gasteiger partial charge in [-0.2, -0.15) is 5.26 Å². The Morgan fingerprint density at radius 1 is 1.55 bits per heavy atom. The highest BCUT2D eigenvalue weighted by Crippen LogP contribution is 2.22.